The van der Waals surface area contributed by atoms with Gasteiger partial charge in [0.15, 0.2) is 0 Å². The first-order valence-corrected chi connectivity index (χ1v) is 6.44. The zero-order valence-electron chi connectivity index (χ0n) is 11.9. The van der Waals surface area contributed by atoms with Crippen LogP contribution in [0.15, 0.2) is 18.2 Å². The minimum absolute atomic E-state index is 0.177. The molecule has 0 fully saturated rings. The summed E-state index contributed by atoms with van der Waals surface area (Å²) in [4.78, 5) is 11.9. The highest BCUT2D eigenvalue weighted by molar-refractivity contribution is 5.91. The number of ether oxygens (including phenoxy) is 2. The van der Waals surface area contributed by atoms with Gasteiger partial charge in [0.1, 0.15) is 11.5 Å². The van der Waals surface area contributed by atoms with Crippen molar-refractivity contribution in [3.05, 3.63) is 18.2 Å². The second-order valence-corrected chi connectivity index (χ2v) is 4.18. The van der Waals surface area contributed by atoms with E-state index in [1.54, 1.807) is 32.4 Å². The second kappa shape index (κ2) is 7.51. The Morgan fingerprint density at radius 3 is 2.42 bits per heavy atom. The molecule has 0 aliphatic carbocycles. The standard InChI is InChI=1S/C14H22N2O3/c1-5-10(6-2)15-14(17)16-12-9-11(18-3)7-8-13(12)19-4/h7-10H,5-6H2,1-4H3,(H2,15,16,17). The van der Waals surface area contributed by atoms with E-state index in [4.69, 9.17) is 9.47 Å². The van der Waals surface area contributed by atoms with E-state index in [1.807, 2.05) is 13.8 Å². The summed E-state index contributed by atoms with van der Waals surface area (Å²) >= 11 is 0. The highest BCUT2D eigenvalue weighted by atomic mass is 16.5. The lowest BCUT2D eigenvalue weighted by atomic mass is 10.2. The van der Waals surface area contributed by atoms with Crippen molar-refractivity contribution in [2.24, 2.45) is 0 Å². The zero-order valence-corrected chi connectivity index (χ0v) is 11.9. The lowest BCUT2D eigenvalue weighted by Crippen LogP contribution is -2.37. The Hall–Kier alpha value is -1.91. The number of anilines is 1. The Morgan fingerprint density at radius 2 is 1.89 bits per heavy atom. The number of nitrogens with one attached hydrogen (secondary N) is 2. The summed E-state index contributed by atoms with van der Waals surface area (Å²) in [7, 11) is 3.14. The van der Waals surface area contributed by atoms with Gasteiger partial charge in [0, 0.05) is 12.1 Å². The van der Waals surface area contributed by atoms with Crippen molar-refractivity contribution in [2.75, 3.05) is 19.5 Å². The van der Waals surface area contributed by atoms with Gasteiger partial charge in [-0.3, -0.25) is 0 Å². The summed E-state index contributed by atoms with van der Waals surface area (Å²) in [5.41, 5.74) is 0.588. The normalized spacial score (nSPS) is 10.2. The summed E-state index contributed by atoms with van der Waals surface area (Å²) in [6.07, 6.45) is 1.80. The molecular weight excluding hydrogens is 244 g/mol. The first kappa shape index (κ1) is 15.1. The lowest BCUT2D eigenvalue weighted by Gasteiger charge is -2.17. The molecule has 0 aliphatic heterocycles. The first-order chi connectivity index (χ1) is 9.14. The highest BCUT2D eigenvalue weighted by Gasteiger charge is 2.11. The molecule has 0 heterocycles. The molecule has 5 nitrogen and oxygen atoms in total. The maximum Gasteiger partial charge on any atom is 0.319 e. The number of hydrogen-bond acceptors (Lipinski definition) is 3. The van der Waals surface area contributed by atoms with Crippen LogP contribution in [0.1, 0.15) is 26.7 Å². The van der Waals surface area contributed by atoms with Gasteiger partial charge in [-0.25, -0.2) is 4.79 Å². The Bertz CT molecular complexity index is 417. The van der Waals surface area contributed by atoms with Crippen molar-refractivity contribution < 1.29 is 14.3 Å². The topological polar surface area (TPSA) is 59.6 Å². The quantitative estimate of drug-likeness (QED) is 0.832. The Balaban J connectivity index is 2.77. The van der Waals surface area contributed by atoms with E-state index in [1.165, 1.54) is 0 Å². The summed E-state index contributed by atoms with van der Waals surface area (Å²) in [5, 5.41) is 5.69. The van der Waals surface area contributed by atoms with Crippen molar-refractivity contribution in [1.82, 2.24) is 5.32 Å². The van der Waals surface area contributed by atoms with Gasteiger partial charge in [0.2, 0.25) is 0 Å². The molecule has 1 aromatic carbocycles. The van der Waals surface area contributed by atoms with Crippen LogP contribution < -0.4 is 20.1 Å². The molecule has 2 N–H and O–H groups in total. The van der Waals surface area contributed by atoms with E-state index in [2.05, 4.69) is 10.6 Å². The van der Waals surface area contributed by atoms with Gasteiger partial charge in [-0.05, 0) is 25.0 Å². The van der Waals surface area contributed by atoms with Crippen molar-refractivity contribution in [2.45, 2.75) is 32.7 Å². The highest BCUT2D eigenvalue weighted by Crippen LogP contribution is 2.28. The SMILES string of the molecule is CCC(CC)NC(=O)Nc1cc(OC)ccc1OC. The van der Waals surface area contributed by atoms with Crippen LogP contribution in [0.4, 0.5) is 10.5 Å². The van der Waals surface area contributed by atoms with Crippen LogP contribution in [0, 0.1) is 0 Å². The summed E-state index contributed by atoms with van der Waals surface area (Å²) in [5.74, 6) is 1.26. The van der Waals surface area contributed by atoms with Gasteiger partial charge in [0.25, 0.3) is 0 Å². The third-order valence-electron chi connectivity index (χ3n) is 2.98. The Labute approximate surface area is 114 Å². The monoisotopic (exact) mass is 266 g/mol. The average Bonchev–Trinajstić information content (AvgIpc) is 2.44. The molecule has 0 saturated heterocycles. The number of rotatable bonds is 6. The number of hydrogen-bond donors (Lipinski definition) is 2. The maximum atomic E-state index is 11.9. The summed E-state index contributed by atoms with van der Waals surface area (Å²) in [6.45, 7) is 4.08. The third-order valence-corrected chi connectivity index (χ3v) is 2.98. The molecule has 0 bridgehead atoms. The van der Waals surface area contributed by atoms with Crippen molar-refractivity contribution in [1.29, 1.82) is 0 Å². The minimum Gasteiger partial charge on any atom is -0.497 e. The smallest absolute Gasteiger partial charge is 0.319 e. The zero-order chi connectivity index (χ0) is 14.3. The van der Waals surface area contributed by atoms with Crippen LogP contribution in [0.3, 0.4) is 0 Å². The van der Waals surface area contributed by atoms with Gasteiger partial charge < -0.3 is 20.1 Å². The van der Waals surface area contributed by atoms with E-state index in [0.29, 0.717) is 17.2 Å². The molecule has 0 aromatic heterocycles. The van der Waals surface area contributed by atoms with Crippen LogP contribution in [0.2, 0.25) is 0 Å². The molecule has 1 aromatic rings. The maximum absolute atomic E-state index is 11.9. The summed E-state index contributed by atoms with van der Waals surface area (Å²) < 4.78 is 10.3. The molecular formula is C14H22N2O3. The van der Waals surface area contributed by atoms with Crippen molar-refractivity contribution in [3.63, 3.8) is 0 Å². The number of carbonyl (C=O) groups excluding carboxylic acids is 1. The van der Waals surface area contributed by atoms with E-state index >= 15 is 0 Å². The molecule has 19 heavy (non-hydrogen) atoms. The van der Waals surface area contributed by atoms with Crippen LogP contribution in [-0.4, -0.2) is 26.3 Å². The van der Waals surface area contributed by atoms with Crippen LogP contribution in [0.25, 0.3) is 0 Å². The van der Waals surface area contributed by atoms with E-state index < -0.39 is 0 Å². The van der Waals surface area contributed by atoms with Gasteiger partial charge in [-0.2, -0.15) is 0 Å². The fraction of sp³-hybridized carbons (Fsp3) is 0.500. The number of amides is 2. The number of carbonyl (C=O) groups is 1. The molecule has 0 spiro atoms. The van der Waals surface area contributed by atoms with Gasteiger partial charge in [-0.1, -0.05) is 13.8 Å². The fourth-order valence-electron chi connectivity index (χ4n) is 1.75. The van der Waals surface area contributed by atoms with Gasteiger partial charge >= 0.3 is 6.03 Å². The van der Waals surface area contributed by atoms with Crippen molar-refractivity contribution >= 4 is 11.7 Å². The van der Waals surface area contributed by atoms with Gasteiger partial charge in [-0.15, -0.1) is 0 Å². The molecule has 0 atom stereocenters. The van der Waals surface area contributed by atoms with E-state index in [-0.39, 0.29) is 12.1 Å². The third kappa shape index (κ3) is 4.35. The molecule has 0 aliphatic rings. The van der Waals surface area contributed by atoms with Crippen LogP contribution >= 0.6 is 0 Å². The predicted octanol–water partition coefficient (Wildman–Crippen LogP) is 3.01. The number of benzene rings is 1. The predicted molar refractivity (Wildman–Crippen MR) is 76.1 cm³/mol. The first-order valence-electron chi connectivity index (χ1n) is 6.44. The fourth-order valence-corrected chi connectivity index (χ4v) is 1.75. The largest absolute Gasteiger partial charge is 0.497 e. The second-order valence-electron chi connectivity index (χ2n) is 4.18. The molecule has 2 amide bonds. The minimum atomic E-state index is -0.236. The number of urea groups is 1. The molecule has 5 heteroatoms. The molecule has 106 valence electrons. The average molecular weight is 266 g/mol. The van der Waals surface area contributed by atoms with E-state index in [0.717, 1.165) is 12.8 Å². The summed E-state index contributed by atoms with van der Waals surface area (Å²) in [6, 6.07) is 5.21. The van der Waals surface area contributed by atoms with E-state index in [9.17, 15) is 4.79 Å². The number of methoxy groups -OCH3 is 2. The van der Waals surface area contributed by atoms with Crippen LogP contribution in [0.5, 0.6) is 11.5 Å². The molecule has 1 rings (SSSR count). The lowest BCUT2D eigenvalue weighted by molar-refractivity contribution is 0.247. The molecule has 0 unspecified atom stereocenters. The van der Waals surface area contributed by atoms with Gasteiger partial charge in [0.05, 0.1) is 19.9 Å². The van der Waals surface area contributed by atoms with Crippen LogP contribution in [-0.2, 0) is 0 Å². The molecule has 0 radical (unpaired) electrons. The molecule has 0 saturated carbocycles. The van der Waals surface area contributed by atoms with Crippen molar-refractivity contribution in [3.8, 4) is 11.5 Å². The Kier molecular flexibility index (Phi) is 5.99. The Morgan fingerprint density at radius 1 is 1.21 bits per heavy atom.